The fourth-order valence-electron chi connectivity index (χ4n) is 2.61. The molecule has 0 amide bonds. The van der Waals surface area contributed by atoms with Gasteiger partial charge in [0, 0.05) is 17.6 Å². The van der Waals surface area contributed by atoms with Crippen molar-refractivity contribution in [2.45, 2.75) is 58.2 Å². The molecule has 0 bridgehead atoms. The smallest absolute Gasteiger partial charge is 0.317 e. The molecule has 0 saturated carbocycles. The summed E-state index contributed by atoms with van der Waals surface area (Å²) in [5.74, 6) is -0.730. The number of hydrogen-bond acceptors (Lipinski definition) is 3. The third-order valence-electron chi connectivity index (χ3n) is 3.79. The van der Waals surface area contributed by atoms with Gasteiger partial charge in [-0.25, -0.2) is 0 Å². The number of carbonyl (C=O) groups is 1. The highest BCUT2D eigenvalue weighted by atomic mass is 16.4. The standard InChI is InChI=1S/C13H26N2O2/c1-10-8-11(6-7-14(10)5)15(9-12(16)17)13(2,3)4/h10-11H,6-9H2,1-5H3,(H,16,17). The Balaban J connectivity index is 2.74. The summed E-state index contributed by atoms with van der Waals surface area (Å²) in [4.78, 5) is 15.5. The number of aliphatic carboxylic acids is 1. The molecule has 17 heavy (non-hydrogen) atoms. The molecular weight excluding hydrogens is 216 g/mol. The third kappa shape index (κ3) is 3.96. The van der Waals surface area contributed by atoms with E-state index in [1.54, 1.807) is 0 Å². The van der Waals surface area contributed by atoms with E-state index in [4.69, 9.17) is 5.11 Å². The second-order valence-electron chi connectivity index (χ2n) is 6.20. The Labute approximate surface area is 105 Å². The van der Waals surface area contributed by atoms with E-state index in [0.29, 0.717) is 12.1 Å². The molecule has 1 saturated heterocycles. The van der Waals surface area contributed by atoms with Gasteiger partial charge >= 0.3 is 5.97 Å². The normalized spacial score (nSPS) is 27.4. The van der Waals surface area contributed by atoms with Gasteiger partial charge in [0.15, 0.2) is 0 Å². The lowest BCUT2D eigenvalue weighted by Crippen LogP contribution is -2.55. The Morgan fingerprint density at radius 1 is 1.47 bits per heavy atom. The first kappa shape index (κ1) is 14.5. The van der Waals surface area contributed by atoms with Gasteiger partial charge in [0.05, 0.1) is 6.54 Å². The number of rotatable bonds is 3. The zero-order valence-electron chi connectivity index (χ0n) is 11.7. The molecule has 1 fully saturated rings. The molecule has 100 valence electrons. The van der Waals surface area contributed by atoms with Crippen molar-refractivity contribution in [1.82, 2.24) is 9.80 Å². The molecule has 1 N–H and O–H groups in total. The average molecular weight is 242 g/mol. The maximum absolute atomic E-state index is 11.0. The average Bonchev–Trinajstić information content (AvgIpc) is 2.17. The van der Waals surface area contributed by atoms with Gasteiger partial charge in [0.25, 0.3) is 0 Å². The van der Waals surface area contributed by atoms with Crippen molar-refractivity contribution in [2.75, 3.05) is 20.1 Å². The van der Waals surface area contributed by atoms with Crippen molar-refractivity contribution >= 4 is 5.97 Å². The minimum absolute atomic E-state index is 0.0846. The maximum Gasteiger partial charge on any atom is 0.317 e. The zero-order chi connectivity index (χ0) is 13.2. The van der Waals surface area contributed by atoms with Gasteiger partial charge in [-0.05, 0) is 54.1 Å². The number of carboxylic acid groups (broad SMARTS) is 1. The van der Waals surface area contributed by atoms with E-state index >= 15 is 0 Å². The third-order valence-corrected chi connectivity index (χ3v) is 3.79. The zero-order valence-corrected chi connectivity index (χ0v) is 11.7. The van der Waals surface area contributed by atoms with Crippen LogP contribution in [0.25, 0.3) is 0 Å². The highest BCUT2D eigenvalue weighted by Crippen LogP contribution is 2.26. The molecule has 0 aliphatic carbocycles. The summed E-state index contributed by atoms with van der Waals surface area (Å²) in [5, 5.41) is 9.04. The van der Waals surface area contributed by atoms with E-state index in [9.17, 15) is 4.79 Å². The van der Waals surface area contributed by atoms with Gasteiger partial charge in [-0.2, -0.15) is 0 Å². The fraction of sp³-hybridized carbons (Fsp3) is 0.923. The van der Waals surface area contributed by atoms with E-state index < -0.39 is 5.97 Å². The molecule has 1 aliphatic rings. The molecule has 2 atom stereocenters. The molecule has 2 unspecified atom stereocenters. The number of hydrogen-bond donors (Lipinski definition) is 1. The molecular formula is C13H26N2O2. The minimum Gasteiger partial charge on any atom is -0.480 e. The maximum atomic E-state index is 11.0. The van der Waals surface area contributed by atoms with Crippen molar-refractivity contribution < 1.29 is 9.90 Å². The number of likely N-dealkylation sites (tertiary alicyclic amines) is 1. The summed E-state index contributed by atoms with van der Waals surface area (Å²) >= 11 is 0. The number of nitrogens with zero attached hydrogens (tertiary/aromatic N) is 2. The summed E-state index contributed by atoms with van der Waals surface area (Å²) in [6, 6.07) is 0.921. The largest absolute Gasteiger partial charge is 0.480 e. The second kappa shape index (κ2) is 5.36. The molecule has 0 aromatic heterocycles. The molecule has 0 aromatic rings. The molecule has 1 rings (SSSR count). The van der Waals surface area contributed by atoms with Crippen molar-refractivity contribution in [1.29, 1.82) is 0 Å². The van der Waals surface area contributed by atoms with Crippen molar-refractivity contribution in [3.63, 3.8) is 0 Å². The first-order valence-electron chi connectivity index (χ1n) is 6.40. The summed E-state index contributed by atoms with van der Waals surface area (Å²) in [5.41, 5.74) is -0.0846. The first-order valence-corrected chi connectivity index (χ1v) is 6.40. The molecule has 1 heterocycles. The lowest BCUT2D eigenvalue weighted by atomic mass is 9.93. The lowest BCUT2D eigenvalue weighted by Gasteiger charge is -2.46. The predicted octanol–water partition coefficient (Wildman–Crippen LogP) is 1.65. The molecule has 0 spiro atoms. The number of piperidine rings is 1. The SMILES string of the molecule is CC1CC(N(CC(=O)O)C(C)(C)C)CCN1C. The first-order chi connectivity index (χ1) is 7.71. The van der Waals surface area contributed by atoms with Crippen LogP contribution in [0.5, 0.6) is 0 Å². The number of carboxylic acids is 1. The van der Waals surface area contributed by atoms with Crippen LogP contribution in [0, 0.1) is 0 Å². The quantitative estimate of drug-likeness (QED) is 0.817. The highest BCUT2D eigenvalue weighted by Gasteiger charge is 2.34. The van der Waals surface area contributed by atoms with E-state index in [2.05, 4.69) is 44.5 Å². The Morgan fingerprint density at radius 3 is 2.47 bits per heavy atom. The van der Waals surface area contributed by atoms with E-state index in [1.807, 2.05) is 0 Å². The lowest BCUT2D eigenvalue weighted by molar-refractivity contribution is -0.141. The van der Waals surface area contributed by atoms with Gasteiger partial charge < -0.3 is 10.0 Å². The Bertz CT molecular complexity index is 273. The van der Waals surface area contributed by atoms with E-state index in [1.165, 1.54) is 0 Å². The van der Waals surface area contributed by atoms with Gasteiger partial charge in [-0.3, -0.25) is 9.69 Å². The molecule has 4 heteroatoms. The second-order valence-corrected chi connectivity index (χ2v) is 6.20. The predicted molar refractivity (Wildman–Crippen MR) is 69.2 cm³/mol. The highest BCUT2D eigenvalue weighted by molar-refractivity contribution is 5.69. The van der Waals surface area contributed by atoms with Gasteiger partial charge in [0.2, 0.25) is 0 Å². The van der Waals surface area contributed by atoms with Crippen LogP contribution in [0.2, 0.25) is 0 Å². The van der Waals surface area contributed by atoms with Crippen LogP contribution in [0.15, 0.2) is 0 Å². The van der Waals surface area contributed by atoms with Crippen LogP contribution < -0.4 is 0 Å². The van der Waals surface area contributed by atoms with Crippen molar-refractivity contribution in [3.05, 3.63) is 0 Å². The van der Waals surface area contributed by atoms with Crippen LogP contribution in [-0.2, 0) is 4.79 Å². The van der Waals surface area contributed by atoms with Crippen molar-refractivity contribution in [2.24, 2.45) is 0 Å². The molecule has 4 nitrogen and oxygen atoms in total. The molecule has 0 radical (unpaired) electrons. The summed E-state index contributed by atoms with van der Waals surface area (Å²) in [6.45, 7) is 9.70. The van der Waals surface area contributed by atoms with Gasteiger partial charge in [-0.15, -0.1) is 0 Å². The minimum atomic E-state index is -0.730. The molecule has 1 aliphatic heterocycles. The summed E-state index contributed by atoms with van der Waals surface area (Å²) < 4.78 is 0. The van der Waals surface area contributed by atoms with Crippen LogP contribution in [0.1, 0.15) is 40.5 Å². The van der Waals surface area contributed by atoms with Crippen LogP contribution in [0.3, 0.4) is 0 Å². The Morgan fingerprint density at radius 2 is 2.06 bits per heavy atom. The Kier molecular flexibility index (Phi) is 4.55. The van der Waals surface area contributed by atoms with Crippen molar-refractivity contribution in [3.8, 4) is 0 Å². The van der Waals surface area contributed by atoms with Gasteiger partial charge in [-0.1, -0.05) is 0 Å². The van der Waals surface area contributed by atoms with E-state index in [-0.39, 0.29) is 12.1 Å². The fourth-order valence-corrected chi connectivity index (χ4v) is 2.61. The van der Waals surface area contributed by atoms with Crippen LogP contribution in [-0.4, -0.2) is 58.6 Å². The monoisotopic (exact) mass is 242 g/mol. The van der Waals surface area contributed by atoms with Gasteiger partial charge in [0.1, 0.15) is 0 Å². The summed E-state index contributed by atoms with van der Waals surface area (Å²) in [6.07, 6.45) is 2.12. The topological polar surface area (TPSA) is 43.8 Å². The van der Waals surface area contributed by atoms with Crippen LogP contribution >= 0.6 is 0 Å². The Hall–Kier alpha value is -0.610. The molecule has 0 aromatic carbocycles. The van der Waals surface area contributed by atoms with E-state index in [0.717, 1.165) is 19.4 Å². The van der Waals surface area contributed by atoms with Crippen LogP contribution in [0.4, 0.5) is 0 Å². The summed E-state index contributed by atoms with van der Waals surface area (Å²) in [7, 11) is 2.14.